The molecule has 1 atom stereocenters. The number of hydrogen-bond donors (Lipinski definition) is 1. The van der Waals surface area contributed by atoms with E-state index in [1.54, 1.807) is 0 Å². The van der Waals surface area contributed by atoms with Gasteiger partial charge in [-0.25, -0.2) is 0 Å². The number of nitrogens with one attached hydrogen (secondary N) is 1. The Morgan fingerprint density at radius 1 is 1.10 bits per heavy atom. The molecule has 0 aromatic heterocycles. The lowest BCUT2D eigenvalue weighted by Gasteiger charge is -2.34. The van der Waals surface area contributed by atoms with Gasteiger partial charge in [0.25, 0.3) is 0 Å². The highest BCUT2D eigenvalue weighted by Crippen LogP contribution is 2.12. The Morgan fingerprint density at radius 3 is 2.50 bits per heavy atom. The summed E-state index contributed by atoms with van der Waals surface area (Å²) in [5.41, 5.74) is 0. The normalized spacial score (nSPS) is 23.8. The lowest BCUT2D eigenvalue weighted by molar-refractivity contribution is -0.131. The van der Waals surface area contributed by atoms with E-state index in [9.17, 15) is 9.59 Å². The van der Waals surface area contributed by atoms with Crippen LogP contribution in [0.4, 0.5) is 0 Å². The number of hydrogen-bond acceptors (Lipinski definition) is 4. The summed E-state index contributed by atoms with van der Waals surface area (Å²) in [5.74, 6) is 1.21. The molecule has 0 aliphatic carbocycles. The van der Waals surface area contributed by atoms with Gasteiger partial charge in [0.15, 0.2) is 0 Å². The molecule has 0 radical (unpaired) electrons. The number of carbonyl (C=O) groups is 2. The molecule has 0 aromatic carbocycles. The SMILES string of the molecule is C[C@@H]1CNCCN1C(=O)CSCC(=O)N1CCCCC1. The maximum atomic E-state index is 12.1. The van der Waals surface area contributed by atoms with E-state index in [1.165, 1.54) is 18.2 Å². The molecule has 20 heavy (non-hydrogen) atoms. The summed E-state index contributed by atoms with van der Waals surface area (Å²) in [7, 11) is 0. The predicted molar refractivity (Wildman–Crippen MR) is 81.8 cm³/mol. The van der Waals surface area contributed by atoms with Crippen molar-refractivity contribution >= 4 is 23.6 Å². The number of piperidine rings is 1. The minimum absolute atomic E-state index is 0.162. The first-order chi connectivity index (χ1) is 9.68. The van der Waals surface area contributed by atoms with Crippen LogP contribution >= 0.6 is 11.8 Å². The Kier molecular flexibility index (Phi) is 6.16. The second-order valence-corrected chi connectivity index (χ2v) is 6.56. The first kappa shape index (κ1) is 15.6. The fourth-order valence-electron chi connectivity index (χ4n) is 2.75. The second-order valence-electron chi connectivity index (χ2n) is 5.57. The van der Waals surface area contributed by atoms with E-state index in [4.69, 9.17) is 0 Å². The van der Waals surface area contributed by atoms with Gasteiger partial charge in [-0.2, -0.15) is 0 Å². The molecule has 2 aliphatic rings. The third-order valence-corrected chi connectivity index (χ3v) is 4.88. The first-order valence-corrected chi connectivity index (χ1v) is 8.69. The quantitative estimate of drug-likeness (QED) is 0.824. The van der Waals surface area contributed by atoms with Crippen molar-refractivity contribution in [2.24, 2.45) is 0 Å². The van der Waals surface area contributed by atoms with Crippen LogP contribution in [0.1, 0.15) is 26.2 Å². The van der Waals surface area contributed by atoms with Gasteiger partial charge < -0.3 is 15.1 Å². The zero-order chi connectivity index (χ0) is 14.4. The van der Waals surface area contributed by atoms with E-state index in [0.717, 1.165) is 45.6 Å². The maximum Gasteiger partial charge on any atom is 0.232 e. The maximum absolute atomic E-state index is 12.1. The number of amides is 2. The molecule has 2 heterocycles. The topological polar surface area (TPSA) is 52.7 Å². The van der Waals surface area contributed by atoms with Crippen molar-refractivity contribution in [2.45, 2.75) is 32.2 Å². The van der Waals surface area contributed by atoms with Crippen LogP contribution in [0.2, 0.25) is 0 Å². The van der Waals surface area contributed by atoms with Gasteiger partial charge in [0.2, 0.25) is 11.8 Å². The van der Waals surface area contributed by atoms with Crippen LogP contribution in [0.25, 0.3) is 0 Å². The van der Waals surface area contributed by atoms with E-state index in [1.807, 2.05) is 9.80 Å². The average Bonchev–Trinajstić information content (AvgIpc) is 2.48. The standard InChI is InChI=1S/C14H25N3O2S/c1-12-9-15-5-8-17(12)14(19)11-20-10-13(18)16-6-3-2-4-7-16/h12,15H,2-11H2,1H3/t12-/m1/s1. The minimum atomic E-state index is 0.162. The second kappa shape index (κ2) is 7.88. The van der Waals surface area contributed by atoms with E-state index < -0.39 is 0 Å². The van der Waals surface area contributed by atoms with Crippen molar-refractivity contribution in [3.63, 3.8) is 0 Å². The number of nitrogens with zero attached hydrogens (tertiary/aromatic N) is 2. The van der Waals surface area contributed by atoms with Gasteiger partial charge in [0, 0.05) is 38.8 Å². The van der Waals surface area contributed by atoms with Crippen LogP contribution < -0.4 is 5.32 Å². The summed E-state index contributed by atoms with van der Waals surface area (Å²) in [6, 6.07) is 0.259. The van der Waals surface area contributed by atoms with Crippen LogP contribution in [0, 0.1) is 0 Å². The number of likely N-dealkylation sites (tertiary alicyclic amines) is 1. The number of thioether (sulfide) groups is 1. The van der Waals surface area contributed by atoms with E-state index in [-0.39, 0.29) is 17.9 Å². The molecule has 0 unspecified atom stereocenters. The molecular formula is C14H25N3O2S. The van der Waals surface area contributed by atoms with Crippen molar-refractivity contribution in [1.82, 2.24) is 15.1 Å². The molecule has 6 heteroatoms. The molecule has 2 rings (SSSR count). The van der Waals surface area contributed by atoms with Crippen molar-refractivity contribution in [3.8, 4) is 0 Å². The van der Waals surface area contributed by atoms with Gasteiger partial charge in [0.1, 0.15) is 0 Å². The smallest absolute Gasteiger partial charge is 0.232 e. The molecule has 5 nitrogen and oxygen atoms in total. The molecule has 1 N–H and O–H groups in total. The highest BCUT2D eigenvalue weighted by Gasteiger charge is 2.23. The summed E-state index contributed by atoms with van der Waals surface area (Å²) in [6.07, 6.45) is 3.47. The summed E-state index contributed by atoms with van der Waals surface area (Å²) in [4.78, 5) is 28.0. The predicted octanol–water partition coefficient (Wildman–Crippen LogP) is 0.552. The fraction of sp³-hybridized carbons (Fsp3) is 0.857. The van der Waals surface area contributed by atoms with Gasteiger partial charge in [0.05, 0.1) is 11.5 Å². The van der Waals surface area contributed by atoms with Crippen LogP contribution in [0.3, 0.4) is 0 Å². The number of rotatable bonds is 4. The van der Waals surface area contributed by atoms with Gasteiger partial charge >= 0.3 is 0 Å². The Bertz CT molecular complexity index is 345. The van der Waals surface area contributed by atoms with Crippen LogP contribution in [-0.4, -0.2) is 71.9 Å². The summed E-state index contributed by atoms with van der Waals surface area (Å²) in [6.45, 7) is 6.36. The third kappa shape index (κ3) is 4.38. The molecule has 2 fully saturated rings. The van der Waals surface area contributed by atoms with Crippen LogP contribution in [0.15, 0.2) is 0 Å². The lowest BCUT2D eigenvalue weighted by Crippen LogP contribution is -2.52. The number of piperazine rings is 1. The van der Waals surface area contributed by atoms with Crippen molar-refractivity contribution < 1.29 is 9.59 Å². The fourth-order valence-corrected chi connectivity index (χ4v) is 3.55. The van der Waals surface area contributed by atoms with Crippen molar-refractivity contribution in [1.29, 1.82) is 0 Å². The van der Waals surface area contributed by atoms with E-state index >= 15 is 0 Å². The molecule has 2 amide bonds. The van der Waals surface area contributed by atoms with Gasteiger partial charge in [-0.15, -0.1) is 11.8 Å². The summed E-state index contributed by atoms with van der Waals surface area (Å²) < 4.78 is 0. The van der Waals surface area contributed by atoms with E-state index in [2.05, 4.69) is 12.2 Å². The Labute approximate surface area is 125 Å². The zero-order valence-electron chi connectivity index (χ0n) is 12.3. The summed E-state index contributed by atoms with van der Waals surface area (Å²) >= 11 is 1.46. The first-order valence-electron chi connectivity index (χ1n) is 7.54. The third-order valence-electron chi connectivity index (χ3n) is 3.98. The molecule has 114 valence electrons. The Hall–Kier alpha value is -0.750. The minimum Gasteiger partial charge on any atom is -0.342 e. The summed E-state index contributed by atoms with van der Waals surface area (Å²) in [5, 5.41) is 3.28. The molecule has 0 bridgehead atoms. The van der Waals surface area contributed by atoms with Crippen LogP contribution in [0.5, 0.6) is 0 Å². The zero-order valence-corrected chi connectivity index (χ0v) is 13.1. The largest absolute Gasteiger partial charge is 0.342 e. The monoisotopic (exact) mass is 299 g/mol. The highest BCUT2D eigenvalue weighted by atomic mass is 32.2. The van der Waals surface area contributed by atoms with Gasteiger partial charge in [-0.05, 0) is 26.2 Å². The Balaban J connectivity index is 1.66. The lowest BCUT2D eigenvalue weighted by atomic mass is 10.1. The highest BCUT2D eigenvalue weighted by molar-refractivity contribution is 8.00. The van der Waals surface area contributed by atoms with Gasteiger partial charge in [-0.3, -0.25) is 9.59 Å². The van der Waals surface area contributed by atoms with Crippen LogP contribution in [-0.2, 0) is 9.59 Å². The van der Waals surface area contributed by atoms with Crippen molar-refractivity contribution in [2.75, 3.05) is 44.2 Å². The molecule has 0 aromatic rings. The Morgan fingerprint density at radius 2 is 1.80 bits per heavy atom. The molecular weight excluding hydrogens is 274 g/mol. The van der Waals surface area contributed by atoms with Gasteiger partial charge in [-0.1, -0.05) is 0 Å². The average molecular weight is 299 g/mol. The van der Waals surface area contributed by atoms with E-state index in [0.29, 0.717) is 11.5 Å². The molecule has 0 spiro atoms. The molecule has 0 saturated carbocycles. The molecule has 2 saturated heterocycles. The number of carbonyl (C=O) groups excluding carboxylic acids is 2. The van der Waals surface area contributed by atoms with Crippen molar-refractivity contribution in [3.05, 3.63) is 0 Å². The molecule has 2 aliphatic heterocycles.